The minimum Gasteiger partial charge on any atom is -0.315 e. The number of aryl methyl sites for hydroxylation is 1. The van der Waals surface area contributed by atoms with E-state index in [4.69, 9.17) is 4.98 Å². The Labute approximate surface area is 189 Å². The van der Waals surface area contributed by atoms with Gasteiger partial charge in [-0.2, -0.15) is 0 Å². The molecule has 0 unspecified atom stereocenters. The molecule has 7 heteroatoms. The summed E-state index contributed by atoms with van der Waals surface area (Å²) in [5.41, 5.74) is 5.96. The summed E-state index contributed by atoms with van der Waals surface area (Å²) in [6.45, 7) is 4.44. The maximum Gasteiger partial charge on any atom is 0.237 e. The Morgan fingerprint density at radius 2 is 1.94 bits per heavy atom. The number of carbonyl (C=O) groups is 1. The van der Waals surface area contributed by atoms with Gasteiger partial charge in [-0.15, -0.1) is 11.3 Å². The van der Waals surface area contributed by atoms with E-state index in [9.17, 15) is 4.79 Å². The number of carbonyl (C=O) groups excluding carboxylic acids is 1. The number of hydrogen-bond donors (Lipinski definition) is 0. The van der Waals surface area contributed by atoms with Gasteiger partial charge in [0.2, 0.25) is 5.91 Å². The standard InChI is InChI=1S/C24H24N4OS2/c1-14(2)20-17-11-7-10-16(17)19-21-22(31-23(19)27-20)24(26-13-25-21)30-12-18(29)28(3)15-8-5-4-6-9-15/h4-6,8-9,13-14H,7,10-12H2,1-3H3. The van der Waals surface area contributed by atoms with E-state index in [-0.39, 0.29) is 5.91 Å². The van der Waals surface area contributed by atoms with Crippen LogP contribution in [0.25, 0.3) is 20.4 Å². The van der Waals surface area contributed by atoms with Crippen molar-refractivity contribution in [2.45, 2.75) is 44.1 Å². The minimum atomic E-state index is 0.0465. The van der Waals surface area contributed by atoms with Gasteiger partial charge >= 0.3 is 0 Å². The van der Waals surface area contributed by atoms with Gasteiger partial charge < -0.3 is 4.90 Å². The maximum absolute atomic E-state index is 12.8. The average Bonchev–Trinajstić information content (AvgIpc) is 3.41. The SMILES string of the molecule is CC(C)c1nc2sc3c(SCC(=O)N(C)c4ccccc4)ncnc3c2c2c1CCC2. The number of benzene rings is 1. The topological polar surface area (TPSA) is 59.0 Å². The summed E-state index contributed by atoms with van der Waals surface area (Å²) < 4.78 is 1.04. The van der Waals surface area contributed by atoms with Crippen LogP contribution in [0, 0.1) is 0 Å². The second kappa shape index (κ2) is 8.20. The Bertz CT molecular complexity index is 1280. The molecule has 5 nitrogen and oxygen atoms in total. The summed E-state index contributed by atoms with van der Waals surface area (Å²) in [7, 11) is 1.81. The Morgan fingerprint density at radius 3 is 2.71 bits per heavy atom. The minimum absolute atomic E-state index is 0.0465. The normalized spacial score (nSPS) is 13.3. The highest BCUT2D eigenvalue weighted by Gasteiger charge is 2.25. The van der Waals surface area contributed by atoms with E-state index in [2.05, 4.69) is 23.8 Å². The van der Waals surface area contributed by atoms with Crippen LogP contribution >= 0.6 is 23.1 Å². The molecule has 1 aromatic carbocycles. The fourth-order valence-electron chi connectivity index (χ4n) is 4.31. The third-order valence-corrected chi connectivity index (χ3v) is 8.05. The number of amides is 1. The maximum atomic E-state index is 12.8. The molecule has 4 aromatic rings. The number of para-hydroxylation sites is 1. The first-order valence-corrected chi connectivity index (χ1v) is 12.4. The number of aromatic nitrogens is 3. The molecule has 1 aliphatic carbocycles. The highest BCUT2D eigenvalue weighted by molar-refractivity contribution is 8.00. The van der Waals surface area contributed by atoms with Crippen LogP contribution in [0.3, 0.4) is 0 Å². The molecule has 158 valence electrons. The van der Waals surface area contributed by atoms with Crippen molar-refractivity contribution in [1.82, 2.24) is 15.0 Å². The van der Waals surface area contributed by atoms with Crippen LogP contribution in [0.2, 0.25) is 0 Å². The number of hydrogen-bond acceptors (Lipinski definition) is 6. The van der Waals surface area contributed by atoms with Gasteiger partial charge in [-0.3, -0.25) is 4.79 Å². The van der Waals surface area contributed by atoms with Crippen LogP contribution < -0.4 is 4.90 Å². The van der Waals surface area contributed by atoms with Crippen molar-refractivity contribution in [3.05, 3.63) is 53.5 Å². The molecule has 0 spiro atoms. The first kappa shape index (κ1) is 20.4. The van der Waals surface area contributed by atoms with Crippen molar-refractivity contribution in [1.29, 1.82) is 0 Å². The zero-order valence-electron chi connectivity index (χ0n) is 17.9. The summed E-state index contributed by atoms with van der Waals surface area (Å²) in [6, 6.07) is 9.71. The van der Waals surface area contributed by atoms with Crippen molar-refractivity contribution in [3.8, 4) is 0 Å². The Hall–Kier alpha value is -2.51. The predicted molar refractivity (Wildman–Crippen MR) is 129 cm³/mol. The van der Waals surface area contributed by atoms with E-state index in [1.54, 1.807) is 22.6 Å². The van der Waals surface area contributed by atoms with E-state index in [0.717, 1.165) is 38.6 Å². The van der Waals surface area contributed by atoms with E-state index in [0.29, 0.717) is 11.7 Å². The first-order chi connectivity index (χ1) is 15.0. The monoisotopic (exact) mass is 448 g/mol. The molecule has 0 radical (unpaired) electrons. The van der Waals surface area contributed by atoms with Crippen molar-refractivity contribution in [2.24, 2.45) is 0 Å². The third-order valence-electron chi connectivity index (χ3n) is 5.87. The molecule has 3 heterocycles. The molecule has 0 N–H and O–H groups in total. The quantitative estimate of drug-likeness (QED) is 0.293. The van der Waals surface area contributed by atoms with E-state index in [1.165, 1.54) is 40.4 Å². The highest BCUT2D eigenvalue weighted by Crippen LogP contribution is 2.42. The molecule has 5 rings (SSSR count). The molecule has 0 saturated carbocycles. The summed E-state index contributed by atoms with van der Waals surface area (Å²) in [5, 5.41) is 2.06. The smallest absolute Gasteiger partial charge is 0.237 e. The summed E-state index contributed by atoms with van der Waals surface area (Å²) in [5.74, 6) is 0.784. The van der Waals surface area contributed by atoms with Crippen LogP contribution in [0.15, 0.2) is 41.7 Å². The fraction of sp³-hybridized carbons (Fsp3) is 0.333. The van der Waals surface area contributed by atoms with Gasteiger partial charge in [0.1, 0.15) is 16.2 Å². The van der Waals surface area contributed by atoms with Crippen LogP contribution in [0.1, 0.15) is 43.0 Å². The zero-order chi connectivity index (χ0) is 21.5. The Morgan fingerprint density at radius 1 is 1.16 bits per heavy atom. The Balaban J connectivity index is 1.50. The van der Waals surface area contributed by atoms with Crippen molar-refractivity contribution in [3.63, 3.8) is 0 Å². The lowest BCUT2D eigenvalue weighted by Crippen LogP contribution is -2.27. The molecule has 31 heavy (non-hydrogen) atoms. The van der Waals surface area contributed by atoms with Crippen LogP contribution in [0.4, 0.5) is 5.69 Å². The lowest BCUT2D eigenvalue weighted by Gasteiger charge is -2.16. The van der Waals surface area contributed by atoms with Crippen LogP contribution in [0.5, 0.6) is 0 Å². The molecular formula is C24H24N4OS2. The molecule has 0 aliphatic heterocycles. The third kappa shape index (κ3) is 3.59. The molecule has 1 aliphatic rings. The number of pyridine rings is 1. The number of nitrogens with zero attached hydrogens (tertiary/aromatic N) is 4. The highest BCUT2D eigenvalue weighted by atomic mass is 32.2. The summed E-state index contributed by atoms with van der Waals surface area (Å²) in [6.07, 6.45) is 5.00. The molecule has 0 fully saturated rings. The molecular weight excluding hydrogens is 424 g/mol. The van der Waals surface area contributed by atoms with Gasteiger partial charge in [-0.05, 0) is 48.4 Å². The molecule has 0 saturated heterocycles. The summed E-state index contributed by atoms with van der Waals surface area (Å²) >= 11 is 3.14. The zero-order valence-corrected chi connectivity index (χ0v) is 19.5. The van der Waals surface area contributed by atoms with Gasteiger partial charge in [-0.25, -0.2) is 15.0 Å². The second-order valence-corrected chi connectivity index (χ2v) is 10.1. The van der Waals surface area contributed by atoms with Crippen molar-refractivity contribution in [2.75, 3.05) is 17.7 Å². The van der Waals surface area contributed by atoms with Crippen molar-refractivity contribution >= 4 is 55.1 Å². The predicted octanol–water partition coefficient (Wildman–Crippen LogP) is 5.61. The molecule has 1 amide bonds. The fourth-order valence-corrected chi connectivity index (χ4v) is 6.47. The number of fused-ring (bicyclic) bond motifs is 5. The summed E-state index contributed by atoms with van der Waals surface area (Å²) in [4.78, 5) is 29.7. The number of anilines is 1. The van der Waals surface area contributed by atoms with E-state index < -0.39 is 0 Å². The first-order valence-electron chi connectivity index (χ1n) is 10.6. The lowest BCUT2D eigenvalue weighted by molar-refractivity contribution is -0.115. The van der Waals surface area contributed by atoms with Gasteiger partial charge in [0.05, 0.1) is 16.0 Å². The van der Waals surface area contributed by atoms with Crippen molar-refractivity contribution < 1.29 is 4.79 Å². The molecule has 0 bridgehead atoms. The van der Waals surface area contributed by atoms with E-state index >= 15 is 0 Å². The largest absolute Gasteiger partial charge is 0.315 e. The molecule has 0 atom stereocenters. The Kier molecular flexibility index (Phi) is 5.40. The number of rotatable bonds is 5. The second-order valence-electron chi connectivity index (χ2n) is 8.18. The van der Waals surface area contributed by atoms with E-state index in [1.807, 2.05) is 37.4 Å². The van der Waals surface area contributed by atoms with Crippen LogP contribution in [-0.4, -0.2) is 33.7 Å². The average molecular weight is 449 g/mol. The number of thiophene rings is 1. The van der Waals surface area contributed by atoms with Crippen LogP contribution in [-0.2, 0) is 17.6 Å². The van der Waals surface area contributed by atoms with Gasteiger partial charge in [-0.1, -0.05) is 43.8 Å². The number of thioether (sulfide) groups is 1. The molecule has 3 aromatic heterocycles. The van der Waals surface area contributed by atoms with Gasteiger partial charge in [0, 0.05) is 23.8 Å². The van der Waals surface area contributed by atoms with Gasteiger partial charge in [0.25, 0.3) is 0 Å². The van der Waals surface area contributed by atoms with Gasteiger partial charge in [0.15, 0.2) is 0 Å². The lowest BCUT2D eigenvalue weighted by atomic mass is 9.99.